The second-order valence-corrected chi connectivity index (χ2v) is 8.45. The lowest BCUT2D eigenvalue weighted by Gasteiger charge is -2.33. The molecule has 2 rings (SSSR count). The monoisotopic (exact) mass is 317 g/mol. The predicted molar refractivity (Wildman–Crippen MR) is 81.9 cm³/mol. The van der Waals surface area contributed by atoms with Gasteiger partial charge in [0.05, 0.1) is 0 Å². The van der Waals surface area contributed by atoms with Crippen molar-refractivity contribution in [3.8, 4) is 0 Å². The fourth-order valence-corrected chi connectivity index (χ4v) is 4.28. The molecule has 0 aromatic heterocycles. The van der Waals surface area contributed by atoms with E-state index in [-0.39, 0.29) is 11.8 Å². The van der Waals surface area contributed by atoms with E-state index in [0.717, 1.165) is 12.8 Å². The number of rotatable bonds is 4. The highest BCUT2D eigenvalue weighted by atomic mass is 32.2. The highest BCUT2D eigenvalue weighted by Gasteiger charge is 2.32. The van der Waals surface area contributed by atoms with Crippen LogP contribution in [-0.4, -0.2) is 56.2 Å². The van der Waals surface area contributed by atoms with E-state index < -0.39 is 10.2 Å². The van der Waals surface area contributed by atoms with Gasteiger partial charge in [-0.05, 0) is 25.7 Å². The maximum atomic E-state index is 12.3. The van der Waals surface area contributed by atoms with E-state index in [4.69, 9.17) is 0 Å². The van der Waals surface area contributed by atoms with E-state index in [9.17, 15) is 13.2 Å². The van der Waals surface area contributed by atoms with Crippen LogP contribution in [0.1, 0.15) is 44.9 Å². The standard InChI is InChI=1S/C14H27N3O3S/c1-16(2)21(19,20)17-10-8-12(9-11-17)14(18)15-13-6-4-3-5-7-13/h12-13H,3-11H2,1-2H3,(H,15,18). The molecule has 1 aliphatic heterocycles. The minimum absolute atomic E-state index is 0.0412. The van der Waals surface area contributed by atoms with Gasteiger partial charge in [-0.15, -0.1) is 0 Å². The fraction of sp³-hybridized carbons (Fsp3) is 0.929. The minimum Gasteiger partial charge on any atom is -0.353 e. The Labute approximate surface area is 128 Å². The van der Waals surface area contributed by atoms with Gasteiger partial charge in [0.1, 0.15) is 0 Å². The van der Waals surface area contributed by atoms with Crippen molar-refractivity contribution in [1.82, 2.24) is 13.9 Å². The molecule has 0 radical (unpaired) electrons. The van der Waals surface area contributed by atoms with Gasteiger partial charge >= 0.3 is 0 Å². The first-order valence-corrected chi connectivity index (χ1v) is 9.29. The Morgan fingerprint density at radius 3 is 2.14 bits per heavy atom. The SMILES string of the molecule is CN(C)S(=O)(=O)N1CCC(C(=O)NC2CCCCC2)CC1. The molecule has 1 aliphatic carbocycles. The van der Waals surface area contributed by atoms with Crippen LogP contribution < -0.4 is 5.32 Å². The van der Waals surface area contributed by atoms with E-state index in [1.807, 2.05) is 0 Å². The van der Waals surface area contributed by atoms with Crippen LogP contribution in [0, 0.1) is 5.92 Å². The van der Waals surface area contributed by atoms with Crippen molar-refractivity contribution in [2.24, 2.45) is 5.92 Å². The molecular weight excluding hydrogens is 290 g/mol. The second kappa shape index (κ2) is 7.07. The van der Waals surface area contributed by atoms with Crippen molar-refractivity contribution in [2.75, 3.05) is 27.2 Å². The lowest BCUT2D eigenvalue weighted by molar-refractivity contribution is -0.127. The van der Waals surface area contributed by atoms with Crippen molar-refractivity contribution < 1.29 is 13.2 Å². The molecule has 1 saturated heterocycles. The highest BCUT2D eigenvalue weighted by molar-refractivity contribution is 7.86. The third kappa shape index (κ3) is 4.17. The van der Waals surface area contributed by atoms with Crippen molar-refractivity contribution in [2.45, 2.75) is 51.0 Å². The van der Waals surface area contributed by atoms with Crippen LogP contribution in [-0.2, 0) is 15.0 Å². The molecule has 7 heteroatoms. The molecule has 1 heterocycles. The number of amides is 1. The predicted octanol–water partition coefficient (Wildman–Crippen LogP) is 0.954. The van der Waals surface area contributed by atoms with Gasteiger partial charge in [0.25, 0.3) is 10.2 Å². The fourth-order valence-electron chi connectivity index (χ4n) is 3.15. The zero-order chi connectivity index (χ0) is 15.5. The second-order valence-electron chi connectivity index (χ2n) is 6.31. The maximum absolute atomic E-state index is 12.3. The molecule has 6 nitrogen and oxygen atoms in total. The molecule has 2 fully saturated rings. The summed E-state index contributed by atoms with van der Waals surface area (Å²) in [6.07, 6.45) is 7.07. The number of carbonyl (C=O) groups excluding carboxylic acids is 1. The Morgan fingerprint density at radius 2 is 1.62 bits per heavy atom. The number of hydrogen-bond donors (Lipinski definition) is 1. The lowest BCUT2D eigenvalue weighted by Crippen LogP contribution is -2.48. The molecule has 0 atom stereocenters. The molecule has 122 valence electrons. The number of nitrogens with zero attached hydrogens (tertiary/aromatic N) is 2. The van der Waals surface area contributed by atoms with Crippen LogP contribution in [0.4, 0.5) is 0 Å². The first kappa shape index (κ1) is 16.7. The van der Waals surface area contributed by atoms with Crippen LogP contribution in [0.15, 0.2) is 0 Å². The Hall–Kier alpha value is -0.660. The molecule has 0 aromatic carbocycles. The van der Waals surface area contributed by atoms with Crippen molar-refractivity contribution in [3.05, 3.63) is 0 Å². The highest BCUT2D eigenvalue weighted by Crippen LogP contribution is 2.22. The lowest BCUT2D eigenvalue weighted by atomic mass is 9.93. The first-order chi connectivity index (χ1) is 9.91. The van der Waals surface area contributed by atoms with Gasteiger partial charge in [-0.25, -0.2) is 0 Å². The summed E-state index contributed by atoms with van der Waals surface area (Å²) in [4.78, 5) is 12.3. The molecule has 1 saturated carbocycles. The summed E-state index contributed by atoms with van der Waals surface area (Å²) in [5.41, 5.74) is 0. The zero-order valence-electron chi connectivity index (χ0n) is 13.0. The van der Waals surface area contributed by atoms with Gasteiger partial charge in [-0.1, -0.05) is 19.3 Å². The molecule has 1 amide bonds. The van der Waals surface area contributed by atoms with Crippen LogP contribution >= 0.6 is 0 Å². The average Bonchev–Trinajstić information content (AvgIpc) is 2.48. The van der Waals surface area contributed by atoms with Crippen LogP contribution in [0.25, 0.3) is 0 Å². The summed E-state index contributed by atoms with van der Waals surface area (Å²) in [5.74, 6) is 0.0735. The van der Waals surface area contributed by atoms with Crippen molar-refractivity contribution in [3.63, 3.8) is 0 Å². The summed E-state index contributed by atoms with van der Waals surface area (Å²) >= 11 is 0. The summed E-state index contributed by atoms with van der Waals surface area (Å²) in [6.45, 7) is 0.868. The molecular formula is C14H27N3O3S. The zero-order valence-corrected chi connectivity index (χ0v) is 13.9. The van der Waals surface area contributed by atoms with E-state index in [2.05, 4.69) is 5.32 Å². The minimum atomic E-state index is -3.34. The Morgan fingerprint density at radius 1 is 1.05 bits per heavy atom. The molecule has 21 heavy (non-hydrogen) atoms. The summed E-state index contributed by atoms with van der Waals surface area (Å²) in [6, 6.07) is 0.329. The van der Waals surface area contributed by atoms with Gasteiger partial charge in [-0.3, -0.25) is 4.79 Å². The van der Waals surface area contributed by atoms with Gasteiger partial charge in [-0.2, -0.15) is 17.0 Å². The third-order valence-electron chi connectivity index (χ3n) is 4.56. The third-order valence-corrected chi connectivity index (χ3v) is 6.50. The molecule has 0 unspecified atom stereocenters. The van der Waals surface area contributed by atoms with E-state index >= 15 is 0 Å². The van der Waals surface area contributed by atoms with E-state index in [0.29, 0.717) is 32.0 Å². The van der Waals surface area contributed by atoms with Crippen molar-refractivity contribution in [1.29, 1.82) is 0 Å². The van der Waals surface area contributed by atoms with Gasteiger partial charge in [0, 0.05) is 39.1 Å². The summed E-state index contributed by atoms with van der Waals surface area (Å²) < 4.78 is 26.8. The van der Waals surface area contributed by atoms with Crippen LogP contribution in [0.2, 0.25) is 0 Å². The maximum Gasteiger partial charge on any atom is 0.281 e. The summed E-state index contributed by atoms with van der Waals surface area (Å²) in [5, 5.41) is 3.15. The van der Waals surface area contributed by atoms with E-state index in [1.165, 1.54) is 42.0 Å². The molecule has 1 N–H and O–H groups in total. The normalized spacial score (nSPS) is 23.4. The largest absolute Gasteiger partial charge is 0.353 e. The van der Waals surface area contributed by atoms with Crippen LogP contribution in [0.5, 0.6) is 0 Å². The van der Waals surface area contributed by atoms with Gasteiger partial charge < -0.3 is 5.32 Å². The van der Waals surface area contributed by atoms with Crippen molar-refractivity contribution >= 4 is 16.1 Å². The topological polar surface area (TPSA) is 69.7 Å². The Kier molecular flexibility index (Phi) is 5.62. The molecule has 2 aliphatic rings. The average molecular weight is 317 g/mol. The van der Waals surface area contributed by atoms with Crippen LogP contribution in [0.3, 0.4) is 0 Å². The number of carbonyl (C=O) groups is 1. The Bertz CT molecular complexity index is 450. The Balaban J connectivity index is 1.82. The smallest absolute Gasteiger partial charge is 0.281 e. The molecule has 0 spiro atoms. The van der Waals surface area contributed by atoms with Gasteiger partial charge in [0.2, 0.25) is 5.91 Å². The molecule has 0 aromatic rings. The quantitative estimate of drug-likeness (QED) is 0.839. The summed E-state index contributed by atoms with van der Waals surface area (Å²) in [7, 11) is -0.264. The van der Waals surface area contributed by atoms with Gasteiger partial charge in [0.15, 0.2) is 0 Å². The number of hydrogen-bond acceptors (Lipinski definition) is 3. The van der Waals surface area contributed by atoms with E-state index in [1.54, 1.807) is 0 Å². The molecule has 0 bridgehead atoms. The number of nitrogens with one attached hydrogen (secondary N) is 1. The first-order valence-electron chi connectivity index (χ1n) is 7.89. The number of piperidine rings is 1.